The standard InChI is InChI=1S/C15H17BrClFO/c16-10-4-5-12(11(18)8-10)19-14-9-13(17)15(14)6-2-1-3-7-15/h4-5,8,13-14H,1-3,6-7,9H2. The summed E-state index contributed by atoms with van der Waals surface area (Å²) in [5, 5.41) is 0.191. The molecule has 0 aromatic heterocycles. The first-order valence-corrected chi connectivity index (χ1v) is 8.10. The molecular weight excluding hydrogens is 331 g/mol. The van der Waals surface area contributed by atoms with Crippen LogP contribution in [-0.4, -0.2) is 11.5 Å². The van der Waals surface area contributed by atoms with Crippen LogP contribution in [0.4, 0.5) is 4.39 Å². The van der Waals surface area contributed by atoms with E-state index in [9.17, 15) is 4.39 Å². The Hall–Kier alpha value is -0.280. The molecule has 0 aliphatic heterocycles. The molecule has 2 saturated carbocycles. The lowest BCUT2D eigenvalue weighted by molar-refractivity contribution is -0.0665. The molecule has 0 N–H and O–H groups in total. The highest BCUT2D eigenvalue weighted by molar-refractivity contribution is 9.10. The third-order valence-corrected chi connectivity index (χ3v) is 5.74. The molecule has 2 aliphatic rings. The molecule has 0 saturated heterocycles. The van der Waals surface area contributed by atoms with Gasteiger partial charge in [-0.1, -0.05) is 35.2 Å². The molecule has 19 heavy (non-hydrogen) atoms. The first-order chi connectivity index (χ1) is 9.12. The second-order valence-electron chi connectivity index (χ2n) is 5.68. The van der Waals surface area contributed by atoms with Crippen LogP contribution >= 0.6 is 27.5 Å². The molecule has 0 amide bonds. The zero-order valence-corrected chi connectivity index (χ0v) is 13.0. The summed E-state index contributed by atoms with van der Waals surface area (Å²) in [5.41, 5.74) is 0.0827. The summed E-state index contributed by atoms with van der Waals surface area (Å²) in [6.07, 6.45) is 6.85. The third kappa shape index (κ3) is 2.40. The number of hydrogen-bond donors (Lipinski definition) is 0. The summed E-state index contributed by atoms with van der Waals surface area (Å²) in [6.45, 7) is 0. The molecule has 2 fully saturated rings. The van der Waals surface area contributed by atoms with Gasteiger partial charge in [-0.2, -0.15) is 0 Å². The number of rotatable bonds is 2. The number of benzene rings is 1. The summed E-state index contributed by atoms with van der Waals surface area (Å²) in [4.78, 5) is 0. The SMILES string of the molecule is Fc1cc(Br)ccc1OC1CC(Cl)C12CCCCC2. The Morgan fingerprint density at radius 1 is 1.26 bits per heavy atom. The van der Waals surface area contributed by atoms with Gasteiger partial charge >= 0.3 is 0 Å². The van der Waals surface area contributed by atoms with Crippen molar-refractivity contribution in [1.82, 2.24) is 0 Å². The lowest BCUT2D eigenvalue weighted by atomic mass is 9.58. The quantitative estimate of drug-likeness (QED) is 0.660. The van der Waals surface area contributed by atoms with Gasteiger partial charge in [0.2, 0.25) is 0 Å². The highest BCUT2D eigenvalue weighted by Crippen LogP contribution is 2.55. The highest BCUT2D eigenvalue weighted by Gasteiger charge is 2.56. The molecule has 1 aromatic rings. The summed E-state index contributed by atoms with van der Waals surface area (Å²) >= 11 is 9.69. The van der Waals surface area contributed by atoms with E-state index < -0.39 is 0 Å². The Bertz CT molecular complexity index is 473. The maximum atomic E-state index is 13.8. The van der Waals surface area contributed by atoms with Crippen LogP contribution in [0.25, 0.3) is 0 Å². The molecule has 104 valence electrons. The van der Waals surface area contributed by atoms with E-state index in [2.05, 4.69) is 15.9 Å². The lowest BCUT2D eigenvalue weighted by Crippen LogP contribution is -2.58. The molecule has 1 spiro atoms. The summed E-state index contributed by atoms with van der Waals surface area (Å²) in [7, 11) is 0. The van der Waals surface area contributed by atoms with E-state index >= 15 is 0 Å². The van der Waals surface area contributed by atoms with E-state index in [-0.39, 0.29) is 22.7 Å². The van der Waals surface area contributed by atoms with Gasteiger partial charge in [-0.25, -0.2) is 4.39 Å². The Labute approximate surface area is 126 Å². The van der Waals surface area contributed by atoms with E-state index in [0.29, 0.717) is 5.75 Å². The third-order valence-electron chi connectivity index (χ3n) is 4.63. The average Bonchev–Trinajstić information content (AvgIpc) is 2.42. The van der Waals surface area contributed by atoms with E-state index in [1.165, 1.54) is 25.3 Å². The van der Waals surface area contributed by atoms with Crippen molar-refractivity contribution in [3.8, 4) is 5.75 Å². The second kappa shape index (κ2) is 5.25. The minimum absolute atomic E-state index is 0.0750. The topological polar surface area (TPSA) is 9.23 Å². The fourth-order valence-electron chi connectivity index (χ4n) is 3.43. The maximum Gasteiger partial charge on any atom is 0.166 e. The molecule has 1 nitrogen and oxygen atoms in total. The van der Waals surface area contributed by atoms with Crippen LogP contribution in [0.2, 0.25) is 0 Å². The molecule has 3 rings (SSSR count). The van der Waals surface area contributed by atoms with Gasteiger partial charge in [0.25, 0.3) is 0 Å². The average molecular weight is 348 g/mol. The number of halogens is 3. The van der Waals surface area contributed by atoms with Gasteiger partial charge in [-0.05, 0) is 31.0 Å². The monoisotopic (exact) mass is 346 g/mol. The number of hydrogen-bond acceptors (Lipinski definition) is 1. The van der Waals surface area contributed by atoms with E-state index in [0.717, 1.165) is 23.7 Å². The van der Waals surface area contributed by atoms with Gasteiger partial charge in [-0.3, -0.25) is 0 Å². The van der Waals surface area contributed by atoms with Crippen molar-refractivity contribution < 1.29 is 9.13 Å². The van der Waals surface area contributed by atoms with E-state index in [1.807, 2.05) is 6.07 Å². The fourth-order valence-corrected chi connectivity index (χ4v) is 4.29. The second-order valence-corrected chi connectivity index (χ2v) is 7.12. The summed E-state index contributed by atoms with van der Waals surface area (Å²) < 4.78 is 20.5. The smallest absolute Gasteiger partial charge is 0.166 e. The summed E-state index contributed by atoms with van der Waals surface area (Å²) in [5.74, 6) is 0.0417. The molecular formula is C15H17BrClFO. The van der Waals surface area contributed by atoms with E-state index in [4.69, 9.17) is 16.3 Å². The van der Waals surface area contributed by atoms with E-state index in [1.54, 1.807) is 6.07 Å². The van der Waals surface area contributed by atoms with Gasteiger partial charge in [0.1, 0.15) is 6.10 Å². The Morgan fingerprint density at radius 2 is 2.00 bits per heavy atom. The van der Waals surface area contributed by atoms with Crippen molar-refractivity contribution in [3.05, 3.63) is 28.5 Å². The number of alkyl halides is 1. The Kier molecular flexibility index (Phi) is 3.78. The van der Waals surface area contributed by atoms with Crippen LogP contribution < -0.4 is 4.74 Å². The summed E-state index contributed by atoms with van der Waals surface area (Å²) in [6, 6.07) is 4.94. The molecule has 2 atom stereocenters. The van der Waals surface area contributed by atoms with Gasteiger partial charge in [-0.15, -0.1) is 11.6 Å². The van der Waals surface area contributed by atoms with Gasteiger partial charge in [0.05, 0.1) is 0 Å². The molecule has 0 bridgehead atoms. The Morgan fingerprint density at radius 3 is 2.63 bits per heavy atom. The van der Waals surface area contributed by atoms with Crippen molar-refractivity contribution in [3.63, 3.8) is 0 Å². The maximum absolute atomic E-state index is 13.8. The number of ether oxygens (including phenoxy) is 1. The lowest BCUT2D eigenvalue weighted by Gasteiger charge is -2.55. The largest absolute Gasteiger partial charge is 0.487 e. The molecule has 2 unspecified atom stereocenters. The van der Waals surface area contributed by atoms with Crippen molar-refractivity contribution in [2.45, 2.75) is 50.0 Å². The zero-order chi connectivity index (χ0) is 13.5. The molecule has 4 heteroatoms. The van der Waals surface area contributed by atoms with Crippen LogP contribution in [0.1, 0.15) is 38.5 Å². The molecule has 1 aromatic carbocycles. The minimum atomic E-state index is -0.307. The van der Waals surface area contributed by atoms with Gasteiger partial charge in [0, 0.05) is 21.7 Å². The highest BCUT2D eigenvalue weighted by atomic mass is 79.9. The van der Waals surface area contributed by atoms with Crippen LogP contribution in [-0.2, 0) is 0 Å². The van der Waals surface area contributed by atoms with Crippen LogP contribution in [0.3, 0.4) is 0 Å². The van der Waals surface area contributed by atoms with Gasteiger partial charge < -0.3 is 4.74 Å². The van der Waals surface area contributed by atoms with Gasteiger partial charge in [0.15, 0.2) is 11.6 Å². The Balaban J connectivity index is 1.76. The fraction of sp³-hybridized carbons (Fsp3) is 0.600. The predicted molar refractivity (Wildman–Crippen MR) is 78.3 cm³/mol. The van der Waals surface area contributed by atoms with Crippen LogP contribution in [0.15, 0.2) is 22.7 Å². The predicted octanol–water partition coefficient (Wildman–Crippen LogP) is 5.30. The molecule has 0 heterocycles. The first-order valence-electron chi connectivity index (χ1n) is 6.87. The van der Waals surface area contributed by atoms with Crippen molar-refractivity contribution in [2.24, 2.45) is 5.41 Å². The zero-order valence-electron chi connectivity index (χ0n) is 10.7. The molecule has 2 aliphatic carbocycles. The van der Waals surface area contributed by atoms with Crippen LogP contribution in [0.5, 0.6) is 5.75 Å². The first kappa shape index (κ1) is 13.7. The van der Waals surface area contributed by atoms with Crippen molar-refractivity contribution >= 4 is 27.5 Å². The normalized spacial score (nSPS) is 29.0. The minimum Gasteiger partial charge on any atom is -0.487 e. The van der Waals surface area contributed by atoms with Crippen molar-refractivity contribution in [2.75, 3.05) is 0 Å². The molecule has 0 radical (unpaired) electrons. The van der Waals surface area contributed by atoms with Crippen molar-refractivity contribution in [1.29, 1.82) is 0 Å². The van der Waals surface area contributed by atoms with Crippen LogP contribution in [0, 0.1) is 11.2 Å².